The van der Waals surface area contributed by atoms with Crippen LogP contribution in [-0.2, 0) is 4.65 Å². The Morgan fingerprint density at radius 3 is 2.41 bits per heavy atom. The molecule has 6 nitrogen and oxygen atoms in total. The topological polar surface area (TPSA) is 74.9 Å². The highest BCUT2D eigenvalue weighted by Gasteiger charge is 2.32. The summed E-state index contributed by atoms with van der Waals surface area (Å²) in [6, 6.07) is 20.7. The zero-order valence-electron chi connectivity index (χ0n) is 21.5. The molecule has 4 aromatic rings. The number of hydrogen-bond donors (Lipinski definition) is 2. The summed E-state index contributed by atoms with van der Waals surface area (Å²) >= 11 is 0. The molecule has 37 heavy (non-hydrogen) atoms. The summed E-state index contributed by atoms with van der Waals surface area (Å²) in [5, 5.41) is 13.4. The number of carbonyl (C=O) groups is 1. The smallest absolute Gasteiger partial charge is 0.454 e. The average molecular weight is 494 g/mol. The van der Waals surface area contributed by atoms with Gasteiger partial charge in [-0.3, -0.25) is 4.79 Å². The number of benzene rings is 3. The summed E-state index contributed by atoms with van der Waals surface area (Å²) in [5.74, 6) is 0.927. The molecular formula is C30H31BN2O4. The molecule has 7 heteroatoms. The van der Waals surface area contributed by atoms with E-state index in [2.05, 4.69) is 53.7 Å². The Labute approximate surface area is 217 Å². The molecule has 1 aromatic heterocycles. The second kappa shape index (κ2) is 9.40. The van der Waals surface area contributed by atoms with Crippen LogP contribution < -0.4 is 10.2 Å². The van der Waals surface area contributed by atoms with E-state index in [0.29, 0.717) is 29.1 Å². The van der Waals surface area contributed by atoms with Crippen LogP contribution in [0.4, 0.5) is 11.4 Å². The van der Waals surface area contributed by atoms with E-state index in [1.807, 2.05) is 31.2 Å². The molecule has 1 aliphatic heterocycles. The highest BCUT2D eigenvalue weighted by molar-refractivity contribution is 6.43. The van der Waals surface area contributed by atoms with Crippen molar-refractivity contribution in [1.82, 2.24) is 5.32 Å². The third kappa shape index (κ3) is 4.43. The molecule has 0 bridgehead atoms. The molecule has 1 aliphatic carbocycles. The molecule has 2 N–H and O–H groups in total. The summed E-state index contributed by atoms with van der Waals surface area (Å²) in [7, 11) is 3.06. The first kappa shape index (κ1) is 23.8. The Hall–Kier alpha value is -3.55. The molecular weight excluding hydrogens is 463 g/mol. The molecule has 1 amide bonds. The molecule has 6 rings (SSSR count). The first-order chi connectivity index (χ1) is 17.9. The van der Waals surface area contributed by atoms with Crippen molar-refractivity contribution in [3.05, 3.63) is 82.9 Å². The second-order valence-corrected chi connectivity index (χ2v) is 10.2. The number of nitrogens with one attached hydrogen (secondary N) is 1. The molecule has 0 radical (unpaired) electrons. The molecule has 2 aliphatic rings. The summed E-state index contributed by atoms with van der Waals surface area (Å²) < 4.78 is 12.0. The summed E-state index contributed by atoms with van der Waals surface area (Å²) in [6.07, 6.45) is 3.73. The van der Waals surface area contributed by atoms with Crippen LogP contribution in [0.25, 0.3) is 22.3 Å². The Bertz CT molecular complexity index is 1460. The van der Waals surface area contributed by atoms with Crippen LogP contribution in [0, 0.1) is 6.92 Å². The van der Waals surface area contributed by atoms with Crippen LogP contribution in [-0.4, -0.2) is 32.1 Å². The van der Waals surface area contributed by atoms with Gasteiger partial charge in [0.2, 0.25) is 0 Å². The predicted molar refractivity (Wildman–Crippen MR) is 147 cm³/mol. The van der Waals surface area contributed by atoms with Crippen molar-refractivity contribution in [2.24, 2.45) is 0 Å². The first-order valence-electron chi connectivity index (χ1n) is 13.0. The molecule has 2 heterocycles. The number of anilines is 2. The normalized spacial score (nSPS) is 17.4. The van der Waals surface area contributed by atoms with Gasteiger partial charge in [0, 0.05) is 42.5 Å². The number of hydrogen-bond acceptors (Lipinski definition) is 5. The lowest BCUT2D eigenvalue weighted by Crippen LogP contribution is -2.18. The average Bonchev–Trinajstić information content (AvgIpc) is 3.57. The van der Waals surface area contributed by atoms with Gasteiger partial charge < -0.3 is 24.3 Å². The van der Waals surface area contributed by atoms with Gasteiger partial charge in [-0.25, -0.2) is 0 Å². The Morgan fingerprint density at radius 1 is 1.05 bits per heavy atom. The van der Waals surface area contributed by atoms with E-state index in [1.165, 1.54) is 5.56 Å². The Kier molecular flexibility index (Phi) is 6.05. The van der Waals surface area contributed by atoms with Gasteiger partial charge in [-0.2, -0.15) is 0 Å². The number of carbonyl (C=O) groups excluding carboxylic acids is 1. The summed E-state index contributed by atoms with van der Waals surface area (Å²) in [4.78, 5) is 15.2. The van der Waals surface area contributed by atoms with E-state index in [0.717, 1.165) is 52.7 Å². The molecule has 1 atom stereocenters. The van der Waals surface area contributed by atoms with Crippen molar-refractivity contribution in [3.8, 4) is 11.3 Å². The van der Waals surface area contributed by atoms with Crippen molar-refractivity contribution >= 4 is 35.4 Å². The van der Waals surface area contributed by atoms with Crippen molar-refractivity contribution in [2.45, 2.75) is 44.5 Å². The van der Waals surface area contributed by atoms with Gasteiger partial charge in [-0.05, 0) is 67.8 Å². The lowest BCUT2D eigenvalue weighted by Gasteiger charge is -2.23. The maximum Gasteiger partial charge on any atom is 0.454 e. The van der Waals surface area contributed by atoms with Crippen LogP contribution in [0.15, 0.2) is 65.1 Å². The minimum Gasteiger partial charge on any atom is -0.455 e. The first-order valence-corrected chi connectivity index (χ1v) is 13.0. The highest BCUT2D eigenvalue weighted by atomic mass is 16.5. The number of nitrogens with zero attached hydrogens (tertiary/aromatic N) is 1. The van der Waals surface area contributed by atoms with Gasteiger partial charge in [-0.15, -0.1) is 0 Å². The minimum atomic E-state index is -0.669. The van der Waals surface area contributed by atoms with Gasteiger partial charge in [0.1, 0.15) is 11.3 Å². The third-order valence-corrected chi connectivity index (χ3v) is 7.63. The molecule has 3 aromatic carbocycles. The van der Waals surface area contributed by atoms with Gasteiger partial charge in [-0.1, -0.05) is 42.0 Å². The zero-order chi connectivity index (χ0) is 25.7. The number of aryl methyl sites for hydroxylation is 1. The molecule has 188 valence electrons. The Morgan fingerprint density at radius 2 is 1.78 bits per heavy atom. The third-order valence-electron chi connectivity index (χ3n) is 7.63. The van der Waals surface area contributed by atoms with E-state index < -0.39 is 7.12 Å². The van der Waals surface area contributed by atoms with Gasteiger partial charge in [0.25, 0.3) is 5.91 Å². The van der Waals surface area contributed by atoms with Crippen LogP contribution in [0.1, 0.15) is 58.3 Å². The SMILES string of the molecule is CNC(=O)c1c(-c2ccc(C)cc2)oc2cc(N(C)c3ccc(C4CCB(O)O4)cc3)c(C3CC3)cc12. The maximum absolute atomic E-state index is 13.0. The van der Waals surface area contributed by atoms with Gasteiger partial charge in [0.15, 0.2) is 0 Å². The van der Waals surface area contributed by atoms with Crippen LogP contribution in [0.3, 0.4) is 0 Å². The van der Waals surface area contributed by atoms with E-state index in [9.17, 15) is 9.82 Å². The lowest BCUT2D eigenvalue weighted by atomic mass is 9.87. The molecule has 1 unspecified atom stereocenters. The highest BCUT2D eigenvalue weighted by Crippen LogP contribution is 2.48. The van der Waals surface area contributed by atoms with E-state index in [1.54, 1.807) is 7.05 Å². The van der Waals surface area contributed by atoms with Crippen LogP contribution in [0.5, 0.6) is 0 Å². The molecule has 1 saturated heterocycles. The standard InChI is InChI=1S/C30H31BN2O4/c1-18-4-6-21(7-5-18)29-28(30(34)32-2)24-16-23(19-8-9-19)25(17-27(24)36-29)33(3)22-12-10-20(11-13-22)26-14-15-31(35)37-26/h4-7,10-13,16-17,19,26,35H,8-9,14-15H2,1-3H3,(H,32,34). The van der Waals surface area contributed by atoms with Crippen molar-refractivity contribution in [3.63, 3.8) is 0 Å². The summed E-state index contributed by atoms with van der Waals surface area (Å²) in [5.41, 5.74) is 7.79. The van der Waals surface area contributed by atoms with E-state index >= 15 is 0 Å². The minimum absolute atomic E-state index is 0.0563. The number of furan rings is 1. The Balaban J connectivity index is 1.43. The van der Waals surface area contributed by atoms with Crippen LogP contribution >= 0.6 is 0 Å². The van der Waals surface area contributed by atoms with Crippen LogP contribution in [0.2, 0.25) is 6.32 Å². The molecule has 2 fully saturated rings. The maximum atomic E-state index is 13.0. The monoisotopic (exact) mass is 494 g/mol. The van der Waals surface area contributed by atoms with Gasteiger partial charge in [0.05, 0.1) is 11.7 Å². The fourth-order valence-corrected chi connectivity index (χ4v) is 5.34. The molecule has 0 spiro atoms. The summed E-state index contributed by atoms with van der Waals surface area (Å²) in [6.45, 7) is 2.04. The predicted octanol–water partition coefficient (Wildman–Crippen LogP) is 6.36. The fraction of sp³-hybridized carbons (Fsp3) is 0.300. The zero-order valence-corrected chi connectivity index (χ0v) is 21.5. The number of fused-ring (bicyclic) bond motifs is 1. The van der Waals surface area contributed by atoms with Crippen molar-refractivity contribution < 1.29 is 18.9 Å². The quantitative estimate of drug-likeness (QED) is 0.306. The number of rotatable bonds is 6. The van der Waals surface area contributed by atoms with Crippen molar-refractivity contribution in [1.29, 1.82) is 0 Å². The van der Waals surface area contributed by atoms with Crippen molar-refractivity contribution in [2.75, 3.05) is 19.0 Å². The fourth-order valence-electron chi connectivity index (χ4n) is 5.34. The molecule has 1 saturated carbocycles. The van der Waals surface area contributed by atoms with E-state index in [4.69, 9.17) is 9.07 Å². The number of amides is 1. The van der Waals surface area contributed by atoms with E-state index in [-0.39, 0.29) is 12.0 Å². The van der Waals surface area contributed by atoms with Gasteiger partial charge >= 0.3 is 7.12 Å². The largest absolute Gasteiger partial charge is 0.455 e. The second-order valence-electron chi connectivity index (χ2n) is 10.2. The lowest BCUT2D eigenvalue weighted by molar-refractivity contribution is 0.0964.